The number of aromatic amines is 1. The van der Waals surface area contributed by atoms with Crippen LogP contribution in [-0.2, 0) is 0 Å². The molecule has 0 aliphatic carbocycles. The fraction of sp³-hybridized carbons (Fsp3) is 0.0625. The number of nitrogens with two attached hydrogens (primary N) is 1. The Morgan fingerprint density at radius 2 is 2.00 bits per heavy atom. The number of carbonyl (C=O) groups is 1. The predicted octanol–water partition coefficient (Wildman–Crippen LogP) is 2.62. The Labute approximate surface area is 127 Å². The summed E-state index contributed by atoms with van der Waals surface area (Å²) in [6.45, 7) is 1.80. The molecule has 0 bridgehead atoms. The van der Waals surface area contributed by atoms with Gasteiger partial charge in [0.05, 0.1) is 16.7 Å². The van der Waals surface area contributed by atoms with Gasteiger partial charge in [0.1, 0.15) is 5.82 Å². The van der Waals surface area contributed by atoms with Crippen LogP contribution in [0.5, 0.6) is 0 Å². The number of rotatable bonds is 3. The van der Waals surface area contributed by atoms with Gasteiger partial charge in [-0.1, -0.05) is 36.4 Å². The largest absolute Gasteiger partial charge is 0.350 e. The van der Waals surface area contributed by atoms with Crippen LogP contribution < -0.4 is 11.2 Å². The first-order chi connectivity index (χ1) is 10.6. The summed E-state index contributed by atoms with van der Waals surface area (Å²) in [5.74, 6) is 0.817. The number of amides is 2. The van der Waals surface area contributed by atoms with Gasteiger partial charge in [-0.05, 0) is 24.6 Å². The maximum atomic E-state index is 10.7. The summed E-state index contributed by atoms with van der Waals surface area (Å²) < 4.78 is 0. The predicted molar refractivity (Wildman–Crippen MR) is 86.5 cm³/mol. The van der Waals surface area contributed by atoms with Crippen LogP contribution in [-0.4, -0.2) is 21.7 Å². The normalized spacial score (nSPS) is 11.6. The second kappa shape index (κ2) is 5.69. The molecule has 0 saturated heterocycles. The van der Waals surface area contributed by atoms with Crippen LogP contribution in [0, 0.1) is 0 Å². The molecule has 3 aromatic rings. The Morgan fingerprint density at radius 1 is 1.23 bits per heavy atom. The van der Waals surface area contributed by atoms with Crippen molar-refractivity contribution in [2.45, 2.75) is 6.92 Å². The molecule has 6 nitrogen and oxygen atoms in total. The van der Waals surface area contributed by atoms with Crippen molar-refractivity contribution in [3.63, 3.8) is 0 Å². The molecule has 4 N–H and O–H groups in total. The average Bonchev–Trinajstić information content (AvgIpc) is 2.96. The van der Waals surface area contributed by atoms with Gasteiger partial charge in [0.2, 0.25) is 0 Å². The Hall–Kier alpha value is -3.15. The van der Waals surface area contributed by atoms with Gasteiger partial charge in [0.25, 0.3) is 0 Å². The van der Waals surface area contributed by atoms with Crippen molar-refractivity contribution < 1.29 is 4.79 Å². The lowest BCUT2D eigenvalue weighted by atomic mass is 10.1. The maximum Gasteiger partial charge on any atom is 0.332 e. The number of hydrogen-bond acceptors (Lipinski definition) is 3. The van der Waals surface area contributed by atoms with Crippen molar-refractivity contribution in [2.24, 2.45) is 10.8 Å². The first-order valence-corrected chi connectivity index (χ1v) is 6.79. The summed E-state index contributed by atoms with van der Waals surface area (Å²) in [6.07, 6.45) is 0. The third-order valence-corrected chi connectivity index (χ3v) is 3.28. The number of hydrogen-bond donors (Lipinski definition) is 3. The van der Waals surface area contributed by atoms with E-state index in [0.717, 1.165) is 28.0 Å². The highest BCUT2D eigenvalue weighted by Gasteiger charge is 2.07. The van der Waals surface area contributed by atoms with Gasteiger partial charge in [-0.15, -0.1) is 0 Å². The minimum atomic E-state index is -0.687. The van der Waals surface area contributed by atoms with E-state index in [9.17, 15) is 4.79 Å². The summed E-state index contributed by atoms with van der Waals surface area (Å²) in [4.78, 5) is 18.6. The zero-order valence-corrected chi connectivity index (χ0v) is 12.0. The minimum absolute atomic E-state index is 0.663. The molecular weight excluding hydrogens is 278 g/mol. The van der Waals surface area contributed by atoms with Crippen molar-refractivity contribution in [3.8, 4) is 11.4 Å². The van der Waals surface area contributed by atoms with Gasteiger partial charge >= 0.3 is 6.03 Å². The molecule has 0 aliphatic heterocycles. The van der Waals surface area contributed by atoms with Gasteiger partial charge < -0.3 is 10.7 Å². The highest BCUT2D eigenvalue weighted by molar-refractivity contribution is 6.01. The number of nitrogens with one attached hydrogen (secondary N) is 2. The molecule has 22 heavy (non-hydrogen) atoms. The van der Waals surface area contributed by atoms with E-state index in [4.69, 9.17) is 5.73 Å². The molecule has 0 atom stereocenters. The SMILES string of the molecule is C/C(=N/NC(N)=O)c1ccc2nc(-c3ccccc3)[nH]c2c1. The Morgan fingerprint density at radius 3 is 2.73 bits per heavy atom. The molecule has 110 valence electrons. The van der Waals surface area contributed by atoms with Crippen LogP contribution in [0.4, 0.5) is 4.79 Å². The van der Waals surface area contributed by atoms with E-state index in [1.54, 1.807) is 6.92 Å². The molecular formula is C16H15N5O. The Bertz CT molecular complexity index is 851. The Kier molecular flexibility index (Phi) is 3.57. The average molecular weight is 293 g/mol. The molecule has 6 heteroatoms. The summed E-state index contributed by atoms with van der Waals surface area (Å²) in [5.41, 5.74) is 11.6. The van der Waals surface area contributed by atoms with E-state index in [0.29, 0.717) is 5.71 Å². The third kappa shape index (κ3) is 2.80. The molecule has 1 heterocycles. The molecule has 0 radical (unpaired) electrons. The molecule has 0 aliphatic rings. The molecule has 0 fully saturated rings. The van der Waals surface area contributed by atoms with E-state index in [1.165, 1.54) is 0 Å². The minimum Gasteiger partial charge on any atom is -0.350 e. The fourth-order valence-electron chi connectivity index (χ4n) is 2.17. The first kappa shape index (κ1) is 13.8. The first-order valence-electron chi connectivity index (χ1n) is 6.79. The number of primary amides is 1. The van der Waals surface area contributed by atoms with Gasteiger partial charge in [-0.25, -0.2) is 15.2 Å². The highest BCUT2D eigenvalue weighted by atomic mass is 16.2. The quantitative estimate of drug-likeness (QED) is 0.511. The zero-order chi connectivity index (χ0) is 15.5. The van der Waals surface area contributed by atoms with Crippen molar-refractivity contribution in [3.05, 3.63) is 54.1 Å². The standard InChI is InChI=1S/C16H15N5O/c1-10(20-21-16(17)22)12-7-8-13-14(9-12)19-15(18-13)11-5-3-2-4-6-11/h2-9H,1H3,(H,18,19)(H3,17,21,22)/b20-10-. The summed E-state index contributed by atoms with van der Waals surface area (Å²) in [7, 11) is 0. The second-order valence-electron chi connectivity index (χ2n) is 4.86. The van der Waals surface area contributed by atoms with E-state index in [-0.39, 0.29) is 0 Å². The number of nitrogens with zero attached hydrogens (tertiary/aromatic N) is 2. The van der Waals surface area contributed by atoms with Crippen LogP contribution in [0.3, 0.4) is 0 Å². The zero-order valence-electron chi connectivity index (χ0n) is 12.0. The van der Waals surface area contributed by atoms with Gasteiger partial charge in [-0.3, -0.25) is 0 Å². The van der Waals surface area contributed by atoms with Crippen molar-refractivity contribution in [1.29, 1.82) is 0 Å². The van der Waals surface area contributed by atoms with E-state index < -0.39 is 6.03 Å². The monoisotopic (exact) mass is 293 g/mol. The van der Waals surface area contributed by atoms with E-state index in [1.807, 2.05) is 48.5 Å². The number of fused-ring (bicyclic) bond motifs is 1. The van der Waals surface area contributed by atoms with Crippen LogP contribution in [0.2, 0.25) is 0 Å². The fourth-order valence-corrected chi connectivity index (χ4v) is 2.17. The van der Waals surface area contributed by atoms with Crippen LogP contribution in [0.1, 0.15) is 12.5 Å². The lowest BCUT2D eigenvalue weighted by molar-refractivity contribution is 0.249. The van der Waals surface area contributed by atoms with Gasteiger partial charge in [0.15, 0.2) is 0 Å². The lowest BCUT2D eigenvalue weighted by Crippen LogP contribution is -2.25. The van der Waals surface area contributed by atoms with Crippen molar-refractivity contribution in [1.82, 2.24) is 15.4 Å². The smallest absolute Gasteiger partial charge is 0.332 e. The lowest BCUT2D eigenvalue weighted by Gasteiger charge is -2.00. The number of aromatic nitrogens is 2. The third-order valence-electron chi connectivity index (χ3n) is 3.28. The number of carbonyl (C=O) groups excluding carboxylic acids is 1. The van der Waals surface area contributed by atoms with Gasteiger partial charge in [0, 0.05) is 5.56 Å². The molecule has 2 aromatic carbocycles. The molecule has 2 amide bonds. The summed E-state index contributed by atoms with van der Waals surface area (Å²) in [5, 5.41) is 3.92. The van der Waals surface area contributed by atoms with Crippen LogP contribution in [0.15, 0.2) is 53.6 Å². The highest BCUT2D eigenvalue weighted by Crippen LogP contribution is 2.21. The molecule has 1 aromatic heterocycles. The van der Waals surface area contributed by atoms with Gasteiger partial charge in [-0.2, -0.15) is 5.10 Å². The maximum absolute atomic E-state index is 10.7. The summed E-state index contributed by atoms with van der Waals surface area (Å²) in [6, 6.07) is 15.0. The van der Waals surface area contributed by atoms with Crippen molar-refractivity contribution >= 4 is 22.8 Å². The number of H-pyrrole nitrogens is 1. The second-order valence-corrected chi connectivity index (χ2v) is 4.86. The number of hydrazone groups is 1. The molecule has 0 spiro atoms. The Balaban J connectivity index is 1.97. The number of urea groups is 1. The van der Waals surface area contributed by atoms with E-state index in [2.05, 4.69) is 20.5 Å². The number of benzene rings is 2. The molecule has 0 unspecified atom stereocenters. The van der Waals surface area contributed by atoms with Crippen LogP contribution >= 0.6 is 0 Å². The van der Waals surface area contributed by atoms with E-state index >= 15 is 0 Å². The number of imidazole rings is 1. The molecule has 0 saturated carbocycles. The summed E-state index contributed by atoms with van der Waals surface area (Å²) >= 11 is 0. The molecule has 3 rings (SSSR count). The topological polar surface area (TPSA) is 96.2 Å². The van der Waals surface area contributed by atoms with Crippen LogP contribution in [0.25, 0.3) is 22.4 Å². The van der Waals surface area contributed by atoms with Crippen molar-refractivity contribution in [2.75, 3.05) is 0 Å².